The Morgan fingerprint density at radius 1 is 1.23 bits per heavy atom. The van der Waals surface area contributed by atoms with E-state index in [0.29, 0.717) is 22.0 Å². The highest BCUT2D eigenvalue weighted by Gasteiger charge is 2.62. The van der Waals surface area contributed by atoms with Gasteiger partial charge in [-0.15, -0.1) is 0 Å². The molecule has 0 spiro atoms. The first-order valence-corrected chi connectivity index (χ1v) is 10.5. The SMILES string of the molecule is COC(=O)c1ccc(C2=NN(C)C(c3cc(Cl)cc(Cl)c3)(C(F)(F)F)C2)cc1CBr. The number of carbonyl (C=O) groups is 1. The van der Waals surface area contributed by atoms with Crippen LogP contribution in [0.3, 0.4) is 0 Å². The zero-order valence-electron chi connectivity index (χ0n) is 15.9. The van der Waals surface area contributed by atoms with E-state index in [-0.39, 0.29) is 21.3 Å². The van der Waals surface area contributed by atoms with Gasteiger partial charge in [0.2, 0.25) is 0 Å². The smallest absolute Gasteiger partial charge is 0.417 e. The molecule has 0 bridgehead atoms. The highest BCUT2D eigenvalue weighted by molar-refractivity contribution is 9.08. The largest absolute Gasteiger partial charge is 0.465 e. The van der Waals surface area contributed by atoms with Gasteiger partial charge in [0.25, 0.3) is 0 Å². The van der Waals surface area contributed by atoms with Crippen LogP contribution in [0, 0.1) is 0 Å². The number of nitrogens with zero attached hydrogens (tertiary/aromatic N) is 2. The number of ether oxygens (including phenoxy) is 1. The minimum absolute atomic E-state index is 0.0966. The molecule has 160 valence electrons. The van der Waals surface area contributed by atoms with Gasteiger partial charge in [0.05, 0.1) is 18.4 Å². The Balaban J connectivity index is 2.09. The van der Waals surface area contributed by atoms with Crippen molar-refractivity contribution in [1.29, 1.82) is 0 Å². The molecule has 0 aromatic heterocycles. The fraction of sp³-hybridized carbons (Fsp3) is 0.300. The van der Waals surface area contributed by atoms with E-state index in [0.717, 1.165) is 5.01 Å². The highest BCUT2D eigenvalue weighted by Crippen LogP contribution is 2.50. The number of benzene rings is 2. The molecule has 0 amide bonds. The lowest BCUT2D eigenvalue weighted by atomic mass is 9.83. The van der Waals surface area contributed by atoms with E-state index in [1.165, 1.54) is 38.4 Å². The highest BCUT2D eigenvalue weighted by atomic mass is 79.9. The molecular formula is C20H16BrCl2F3N2O2. The van der Waals surface area contributed by atoms with Gasteiger partial charge in [-0.25, -0.2) is 4.79 Å². The van der Waals surface area contributed by atoms with Crippen LogP contribution in [0.4, 0.5) is 13.2 Å². The van der Waals surface area contributed by atoms with Crippen LogP contribution in [-0.2, 0) is 15.6 Å². The van der Waals surface area contributed by atoms with Gasteiger partial charge in [-0.05, 0) is 47.0 Å². The van der Waals surface area contributed by atoms with Gasteiger partial charge >= 0.3 is 12.1 Å². The third-order valence-corrected chi connectivity index (χ3v) is 6.08. The lowest BCUT2D eigenvalue weighted by Gasteiger charge is -2.37. The van der Waals surface area contributed by atoms with Crippen molar-refractivity contribution in [3.8, 4) is 0 Å². The predicted octanol–water partition coefficient (Wildman–Crippen LogP) is 6.17. The van der Waals surface area contributed by atoms with Crippen LogP contribution >= 0.6 is 39.1 Å². The van der Waals surface area contributed by atoms with Crippen LogP contribution in [0.15, 0.2) is 41.5 Å². The van der Waals surface area contributed by atoms with E-state index in [9.17, 15) is 18.0 Å². The van der Waals surface area contributed by atoms with Crippen LogP contribution in [0.1, 0.15) is 33.5 Å². The van der Waals surface area contributed by atoms with Crippen LogP contribution in [0.25, 0.3) is 0 Å². The first kappa shape index (κ1) is 22.9. The van der Waals surface area contributed by atoms with Crippen molar-refractivity contribution < 1.29 is 22.7 Å². The Labute approximate surface area is 189 Å². The molecule has 0 saturated carbocycles. The Kier molecular flexibility index (Phi) is 6.41. The summed E-state index contributed by atoms with van der Waals surface area (Å²) in [5.41, 5.74) is -0.908. The molecule has 0 aliphatic carbocycles. The van der Waals surface area contributed by atoms with Gasteiger partial charge in [-0.1, -0.05) is 45.2 Å². The molecule has 1 atom stereocenters. The van der Waals surface area contributed by atoms with Crippen LogP contribution in [-0.4, -0.2) is 37.0 Å². The van der Waals surface area contributed by atoms with E-state index >= 15 is 0 Å². The van der Waals surface area contributed by atoms with Crippen molar-refractivity contribution in [3.63, 3.8) is 0 Å². The van der Waals surface area contributed by atoms with Gasteiger partial charge in [0.15, 0.2) is 5.54 Å². The average Bonchev–Trinajstić information content (AvgIpc) is 3.04. The molecule has 1 heterocycles. The van der Waals surface area contributed by atoms with E-state index in [1.807, 2.05) is 0 Å². The van der Waals surface area contributed by atoms with Gasteiger partial charge in [0, 0.05) is 28.8 Å². The second-order valence-corrected chi connectivity index (χ2v) is 8.19. The topological polar surface area (TPSA) is 41.9 Å². The van der Waals surface area contributed by atoms with Crippen molar-refractivity contribution >= 4 is 50.8 Å². The third kappa shape index (κ3) is 3.92. The number of hydrogen-bond donors (Lipinski definition) is 0. The summed E-state index contributed by atoms with van der Waals surface area (Å²) in [4.78, 5) is 11.9. The maximum atomic E-state index is 14.4. The molecule has 10 heteroatoms. The molecule has 0 N–H and O–H groups in total. The van der Waals surface area contributed by atoms with Gasteiger partial charge in [-0.2, -0.15) is 18.3 Å². The summed E-state index contributed by atoms with van der Waals surface area (Å²) < 4.78 is 47.9. The summed E-state index contributed by atoms with van der Waals surface area (Å²) in [5, 5.41) is 5.62. The molecule has 0 fully saturated rings. The summed E-state index contributed by atoms with van der Waals surface area (Å²) in [7, 11) is 2.53. The molecule has 0 radical (unpaired) electrons. The second-order valence-electron chi connectivity index (χ2n) is 6.76. The van der Waals surface area contributed by atoms with Crippen molar-refractivity contribution in [3.05, 3.63) is 68.7 Å². The molecule has 4 nitrogen and oxygen atoms in total. The summed E-state index contributed by atoms with van der Waals surface area (Å²) >= 11 is 15.3. The molecule has 3 rings (SSSR count). The summed E-state index contributed by atoms with van der Waals surface area (Å²) in [6.45, 7) is 0. The molecule has 0 saturated heterocycles. The molecule has 1 aliphatic rings. The minimum atomic E-state index is -4.66. The third-order valence-electron chi connectivity index (χ3n) is 5.04. The fourth-order valence-electron chi connectivity index (χ4n) is 3.54. The molecule has 2 aromatic carbocycles. The van der Waals surface area contributed by atoms with Gasteiger partial charge in [-0.3, -0.25) is 5.01 Å². The molecule has 1 aliphatic heterocycles. The van der Waals surface area contributed by atoms with Crippen LogP contribution in [0.2, 0.25) is 10.0 Å². The summed E-state index contributed by atoms with van der Waals surface area (Å²) in [6, 6.07) is 8.58. The second kappa shape index (κ2) is 8.40. The number of methoxy groups -OCH3 is 1. The van der Waals surface area contributed by atoms with E-state index in [1.54, 1.807) is 12.1 Å². The Bertz CT molecular complexity index is 1010. The first-order valence-electron chi connectivity index (χ1n) is 8.65. The Morgan fingerprint density at radius 2 is 1.87 bits per heavy atom. The molecular weight excluding hydrogens is 508 g/mol. The minimum Gasteiger partial charge on any atom is -0.465 e. The van der Waals surface area contributed by atoms with E-state index in [2.05, 4.69) is 21.0 Å². The predicted molar refractivity (Wildman–Crippen MR) is 114 cm³/mol. The Morgan fingerprint density at radius 3 is 2.40 bits per heavy atom. The number of carbonyl (C=O) groups excluding carboxylic acids is 1. The van der Waals surface area contributed by atoms with Crippen LogP contribution < -0.4 is 0 Å². The van der Waals surface area contributed by atoms with Crippen molar-refractivity contribution in [1.82, 2.24) is 5.01 Å². The van der Waals surface area contributed by atoms with Crippen LogP contribution in [0.5, 0.6) is 0 Å². The monoisotopic (exact) mass is 522 g/mol. The maximum Gasteiger partial charge on any atom is 0.417 e. The van der Waals surface area contributed by atoms with E-state index < -0.39 is 24.1 Å². The lowest BCUT2D eigenvalue weighted by molar-refractivity contribution is -0.227. The molecule has 30 heavy (non-hydrogen) atoms. The molecule has 1 unspecified atom stereocenters. The quantitative estimate of drug-likeness (QED) is 0.355. The Hall–Kier alpha value is -1.77. The lowest BCUT2D eigenvalue weighted by Crippen LogP contribution is -2.50. The number of rotatable bonds is 4. The van der Waals surface area contributed by atoms with Gasteiger partial charge < -0.3 is 4.74 Å². The zero-order valence-corrected chi connectivity index (χ0v) is 19.0. The summed E-state index contributed by atoms with van der Waals surface area (Å²) in [6.07, 6.45) is -5.10. The fourth-order valence-corrected chi connectivity index (χ4v) is 4.53. The molecule has 2 aromatic rings. The summed E-state index contributed by atoms with van der Waals surface area (Å²) in [5.74, 6) is -0.528. The number of hydrogen-bond acceptors (Lipinski definition) is 4. The number of halogens is 6. The number of esters is 1. The maximum absolute atomic E-state index is 14.4. The van der Waals surface area contributed by atoms with E-state index in [4.69, 9.17) is 27.9 Å². The first-order chi connectivity index (χ1) is 14.0. The normalized spacial score (nSPS) is 19.1. The van der Waals surface area contributed by atoms with Gasteiger partial charge in [0.1, 0.15) is 0 Å². The zero-order chi connectivity index (χ0) is 22.3. The number of hydrazone groups is 1. The standard InChI is InChI=1S/C20H16BrCl2F3N2O2/c1-28-19(20(24,25)26,13-6-14(22)8-15(23)7-13)9-17(27-28)11-3-4-16(18(29)30-2)12(5-11)10-21/h3-8H,9-10H2,1-2H3. The van der Waals surface area contributed by atoms with Crippen molar-refractivity contribution in [2.24, 2.45) is 5.10 Å². The average molecular weight is 524 g/mol. The van der Waals surface area contributed by atoms with Crippen molar-refractivity contribution in [2.45, 2.75) is 23.5 Å². The number of alkyl halides is 4. The van der Waals surface area contributed by atoms with Crippen molar-refractivity contribution in [2.75, 3.05) is 14.2 Å².